The number of aromatic nitrogens is 1. The van der Waals surface area contributed by atoms with E-state index in [9.17, 15) is 9.18 Å². The Kier molecular flexibility index (Phi) is 5.98. The van der Waals surface area contributed by atoms with Crippen LogP contribution in [0.1, 0.15) is 24.0 Å². The molecule has 8 heteroatoms. The molecule has 0 radical (unpaired) electrons. The monoisotopic (exact) mass is 396 g/mol. The van der Waals surface area contributed by atoms with Gasteiger partial charge in [-0.2, -0.15) is 5.26 Å². The van der Waals surface area contributed by atoms with E-state index in [1.807, 2.05) is 11.0 Å². The summed E-state index contributed by atoms with van der Waals surface area (Å²) in [5.74, 6) is 0.598. The maximum absolute atomic E-state index is 14.2. The molecule has 1 aliphatic heterocycles. The molecule has 1 aromatic heterocycles. The first-order valence-electron chi connectivity index (χ1n) is 9.09. The van der Waals surface area contributed by atoms with Gasteiger partial charge in [-0.05, 0) is 12.1 Å². The van der Waals surface area contributed by atoms with E-state index in [0.29, 0.717) is 54.3 Å². The number of anilines is 1. The number of nitrogens with zero attached hydrogens (tertiary/aromatic N) is 3. The van der Waals surface area contributed by atoms with Crippen LogP contribution in [0.15, 0.2) is 30.8 Å². The molecule has 0 unspecified atom stereocenters. The number of carbonyl (C=O) groups is 1. The molecule has 29 heavy (non-hydrogen) atoms. The molecule has 0 bridgehead atoms. The van der Waals surface area contributed by atoms with Crippen molar-refractivity contribution in [3.63, 3.8) is 0 Å². The zero-order valence-electron chi connectivity index (χ0n) is 16.0. The van der Waals surface area contributed by atoms with Crippen molar-refractivity contribution in [1.29, 1.82) is 5.26 Å². The van der Waals surface area contributed by atoms with E-state index in [2.05, 4.69) is 6.58 Å². The SMILES string of the molecule is C=Cc1c(OC)cc(N2CCC(OC(N)=O)CC2)nc1-c1ccc(C#N)c(F)c1. The van der Waals surface area contributed by atoms with Crippen LogP contribution in [0.4, 0.5) is 15.0 Å². The number of methoxy groups -OCH3 is 1. The third-order valence-corrected chi connectivity index (χ3v) is 4.84. The number of primary amides is 1. The molecular weight excluding hydrogens is 375 g/mol. The average Bonchev–Trinajstić information content (AvgIpc) is 2.72. The molecule has 1 aliphatic rings. The number of rotatable bonds is 5. The lowest BCUT2D eigenvalue weighted by atomic mass is 10.0. The minimum atomic E-state index is -0.774. The zero-order chi connectivity index (χ0) is 21.0. The van der Waals surface area contributed by atoms with E-state index < -0.39 is 11.9 Å². The van der Waals surface area contributed by atoms with Crippen LogP contribution in [-0.4, -0.2) is 37.4 Å². The molecule has 0 saturated carbocycles. The lowest BCUT2D eigenvalue weighted by molar-refractivity contribution is 0.0911. The lowest BCUT2D eigenvalue weighted by Gasteiger charge is -2.32. The van der Waals surface area contributed by atoms with Crippen LogP contribution in [0, 0.1) is 17.1 Å². The van der Waals surface area contributed by atoms with Gasteiger partial charge in [0, 0.05) is 43.1 Å². The van der Waals surface area contributed by atoms with Crippen LogP contribution >= 0.6 is 0 Å². The largest absolute Gasteiger partial charge is 0.496 e. The molecule has 1 saturated heterocycles. The average molecular weight is 396 g/mol. The van der Waals surface area contributed by atoms with Gasteiger partial charge in [-0.1, -0.05) is 18.7 Å². The summed E-state index contributed by atoms with van der Waals surface area (Å²) in [6.45, 7) is 5.05. The van der Waals surface area contributed by atoms with E-state index in [1.165, 1.54) is 12.1 Å². The Bertz CT molecular complexity index is 979. The van der Waals surface area contributed by atoms with Crippen LogP contribution in [0.25, 0.3) is 17.3 Å². The first kappa shape index (κ1) is 20.1. The molecular formula is C21H21FN4O3. The van der Waals surface area contributed by atoms with E-state index in [0.717, 1.165) is 0 Å². The number of hydrogen-bond donors (Lipinski definition) is 1. The Hall–Kier alpha value is -3.60. The minimum absolute atomic E-state index is 0.0338. The topological polar surface area (TPSA) is 101 Å². The highest BCUT2D eigenvalue weighted by atomic mass is 19.1. The molecule has 1 amide bonds. The van der Waals surface area contributed by atoms with Crippen molar-refractivity contribution in [3.8, 4) is 23.1 Å². The second-order valence-corrected chi connectivity index (χ2v) is 6.58. The summed E-state index contributed by atoms with van der Waals surface area (Å²) in [5, 5.41) is 8.97. The van der Waals surface area contributed by atoms with Crippen molar-refractivity contribution >= 4 is 18.0 Å². The van der Waals surface area contributed by atoms with Crippen molar-refractivity contribution in [2.75, 3.05) is 25.1 Å². The van der Waals surface area contributed by atoms with Crippen molar-refractivity contribution in [2.24, 2.45) is 5.73 Å². The summed E-state index contributed by atoms with van der Waals surface area (Å²) in [6.07, 6.45) is 1.86. The highest BCUT2D eigenvalue weighted by molar-refractivity contribution is 5.78. The molecule has 2 N–H and O–H groups in total. The van der Waals surface area contributed by atoms with Gasteiger partial charge in [-0.15, -0.1) is 0 Å². The highest BCUT2D eigenvalue weighted by Gasteiger charge is 2.24. The lowest BCUT2D eigenvalue weighted by Crippen LogP contribution is -2.39. The molecule has 1 aromatic carbocycles. The fourth-order valence-corrected chi connectivity index (χ4v) is 3.39. The molecule has 0 aliphatic carbocycles. The molecule has 1 fully saturated rings. The van der Waals surface area contributed by atoms with Crippen molar-refractivity contribution in [2.45, 2.75) is 18.9 Å². The number of amides is 1. The van der Waals surface area contributed by atoms with Crippen molar-refractivity contribution in [3.05, 3.63) is 47.8 Å². The summed E-state index contributed by atoms with van der Waals surface area (Å²) in [7, 11) is 1.54. The number of nitrogens with two attached hydrogens (primary N) is 1. The molecule has 7 nitrogen and oxygen atoms in total. The Morgan fingerprint density at radius 2 is 2.14 bits per heavy atom. The van der Waals surface area contributed by atoms with Crippen LogP contribution < -0.4 is 15.4 Å². The number of nitriles is 1. The Labute approximate surface area is 168 Å². The van der Waals surface area contributed by atoms with Crippen LogP contribution in [0.5, 0.6) is 5.75 Å². The standard InChI is InChI=1S/C21H21FN4O3/c1-3-16-18(28-2)11-19(26-8-6-15(7-9-26)29-21(24)27)25-20(16)13-4-5-14(12-23)17(22)10-13/h3-5,10-11,15H,1,6-9H2,2H3,(H2,24,27). The Morgan fingerprint density at radius 1 is 1.41 bits per heavy atom. The minimum Gasteiger partial charge on any atom is -0.496 e. The quantitative estimate of drug-likeness (QED) is 0.830. The van der Waals surface area contributed by atoms with Gasteiger partial charge in [-0.3, -0.25) is 0 Å². The van der Waals surface area contributed by atoms with Gasteiger partial charge in [-0.25, -0.2) is 14.2 Å². The van der Waals surface area contributed by atoms with Crippen LogP contribution in [0.2, 0.25) is 0 Å². The maximum atomic E-state index is 14.2. The van der Waals surface area contributed by atoms with Crippen LogP contribution in [-0.2, 0) is 4.74 Å². The first-order valence-corrected chi connectivity index (χ1v) is 9.09. The molecule has 0 atom stereocenters. The van der Waals surface area contributed by atoms with Gasteiger partial charge in [0.1, 0.15) is 29.6 Å². The molecule has 3 rings (SSSR count). The summed E-state index contributed by atoms with van der Waals surface area (Å²) in [6, 6.07) is 7.96. The summed E-state index contributed by atoms with van der Waals surface area (Å²) >= 11 is 0. The van der Waals surface area contributed by atoms with Gasteiger partial charge < -0.3 is 20.1 Å². The smallest absolute Gasteiger partial charge is 0.404 e. The second kappa shape index (κ2) is 8.61. The molecule has 2 aromatic rings. The van der Waals surface area contributed by atoms with Crippen LogP contribution in [0.3, 0.4) is 0 Å². The van der Waals surface area contributed by atoms with Crippen molar-refractivity contribution in [1.82, 2.24) is 4.98 Å². The van der Waals surface area contributed by atoms with E-state index in [-0.39, 0.29) is 11.7 Å². The molecule has 2 heterocycles. The van der Waals surface area contributed by atoms with Gasteiger partial charge in [0.05, 0.1) is 18.4 Å². The normalized spacial score (nSPS) is 14.2. The number of piperidine rings is 1. The molecule has 150 valence electrons. The molecule has 0 spiro atoms. The third-order valence-electron chi connectivity index (χ3n) is 4.84. The first-order chi connectivity index (χ1) is 14.0. The summed E-state index contributed by atoms with van der Waals surface area (Å²) in [4.78, 5) is 17.7. The highest BCUT2D eigenvalue weighted by Crippen LogP contribution is 2.35. The second-order valence-electron chi connectivity index (χ2n) is 6.58. The number of halogens is 1. The predicted octanol–water partition coefficient (Wildman–Crippen LogP) is 3.48. The van der Waals surface area contributed by atoms with E-state index in [1.54, 1.807) is 25.3 Å². The summed E-state index contributed by atoms with van der Waals surface area (Å²) in [5.41, 5.74) is 6.72. The van der Waals surface area contributed by atoms with E-state index in [4.69, 9.17) is 25.5 Å². The fraction of sp³-hybridized carbons (Fsp3) is 0.286. The van der Waals surface area contributed by atoms with Gasteiger partial charge in [0.15, 0.2) is 0 Å². The Balaban J connectivity index is 1.97. The number of ether oxygens (including phenoxy) is 2. The number of hydrogen-bond acceptors (Lipinski definition) is 6. The Morgan fingerprint density at radius 3 is 2.69 bits per heavy atom. The van der Waals surface area contributed by atoms with E-state index >= 15 is 0 Å². The zero-order valence-corrected chi connectivity index (χ0v) is 16.0. The summed E-state index contributed by atoms with van der Waals surface area (Å²) < 4.78 is 24.8. The van der Waals surface area contributed by atoms with Gasteiger partial charge in [0.2, 0.25) is 0 Å². The fourth-order valence-electron chi connectivity index (χ4n) is 3.39. The van der Waals surface area contributed by atoms with Gasteiger partial charge >= 0.3 is 6.09 Å². The predicted molar refractivity (Wildman–Crippen MR) is 107 cm³/mol. The number of carbonyl (C=O) groups excluding carboxylic acids is 1. The number of pyridine rings is 1. The maximum Gasteiger partial charge on any atom is 0.404 e. The third kappa shape index (κ3) is 4.29. The van der Waals surface area contributed by atoms with Gasteiger partial charge in [0.25, 0.3) is 0 Å². The van der Waals surface area contributed by atoms with Crippen molar-refractivity contribution < 1.29 is 18.7 Å². The number of benzene rings is 1.